The molecule has 1 heterocycles. The van der Waals surface area contributed by atoms with Crippen LogP contribution in [0.15, 0.2) is 93.3 Å². The number of allylic oxidation sites excluding steroid dienone is 2. The molecule has 0 bridgehead atoms. The van der Waals surface area contributed by atoms with Crippen molar-refractivity contribution in [3.63, 3.8) is 0 Å². The van der Waals surface area contributed by atoms with Gasteiger partial charge in [0.2, 0.25) is 0 Å². The lowest BCUT2D eigenvalue weighted by Crippen LogP contribution is -1.74. The van der Waals surface area contributed by atoms with Crippen molar-refractivity contribution in [3.8, 4) is 0 Å². The second kappa shape index (κ2) is 18.0. The van der Waals surface area contributed by atoms with Gasteiger partial charge in [-0.3, -0.25) is 14.6 Å². The van der Waals surface area contributed by atoms with E-state index in [0.29, 0.717) is 0 Å². The Morgan fingerprint density at radius 2 is 1.08 bits per heavy atom. The number of pyridine rings is 1. The van der Waals surface area contributed by atoms with E-state index in [-0.39, 0.29) is 11.6 Å². The molecule has 0 saturated heterocycles. The Balaban J connectivity index is 0. The molecule has 0 amide bonds. The van der Waals surface area contributed by atoms with Crippen LogP contribution in [0.4, 0.5) is 0 Å². The number of carbonyl (C=O) groups excluding carboxylic acids is 2. The number of hydrogen-bond donors (Lipinski definition) is 0. The zero-order chi connectivity index (χ0) is 20.2. The van der Waals surface area contributed by atoms with Gasteiger partial charge in [0.15, 0.2) is 11.6 Å². The molecule has 0 unspecified atom stereocenters. The topological polar surface area (TPSA) is 47.0 Å². The van der Waals surface area contributed by atoms with Crippen molar-refractivity contribution in [2.45, 2.75) is 13.8 Å². The lowest BCUT2D eigenvalue weighted by molar-refractivity contribution is -0.113. The van der Waals surface area contributed by atoms with Crippen molar-refractivity contribution < 1.29 is 9.59 Å². The maximum Gasteiger partial charge on any atom is 0.152 e. The number of rotatable bonds is 4. The van der Waals surface area contributed by atoms with Gasteiger partial charge in [0.25, 0.3) is 0 Å². The van der Waals surface area contributed by atoms with E-state index in [1.165, 1.54) is 31.6 Å². The van der Waals surface area contributed by atoms with Crippen LogP contribution in [0, 0.1) is 0 Å². The first-order chi connectivity index (χ1) is 12.4. The van der Waals surface area contributed by atoms with Gasteiger partial charge in [-0.1, -0.05) is 68.8 Å². The summed E-state index contributed by atoms with van der Waals surface area (Å²) in [5.41, 5.74) is 2.28. The molecule has 0 saturated carbocycles. The monoisotopic (exact) mass is 349 g/mol. The van der Waals surface area contributed by atoms with Crippen molar-refractivity contribution in [1.82, 2.24) is 4.98 Å². The number of nitrogens with zero attached hydrogens (tertiary/aromatic N) is 1. The largest absolute Gasteiger partial charge is 0.295 e. The van der Waals surface area contributed by atoms with Crippen LogP contribution >= 0.6 is 0 Å². The number of aromatic nitrogens is 1. The summed E-state index contributed by atoms with van der Waals surface area (Å²) < 4.78 is 0. The van der Waals surface area contributed by atoms with Crippen LogP contribution in [-0.4, -0.2) is 16.6 Å². The first-order valence-corrected chi connectivity index (χ1v) is 7.87. The molecule has 1 aromatic heterocycles. The zero-order valence-electron chi connectivity index (χ0n) is 15.6. The highest BCUT2D eigenvalue weighted by atomic mass is 16.1. The van der Waals surface area contributed by atoms with Crippen LogP contribution in [0.5, 0.6) is 0 Å². The molecule has 3 heteroatoms. The van der Waals surface area contributed by atoms with Crippen molar-refractivity contribution >= 4 is 23.7 Å². The Bertz CT molecular complexity index is 612. The lowest BCUT2D eigenvalue weighted by atomic mass is 10.2. The number of carbonyl (C=O) groups is 2. The molecule has 0 atom stereocenters. The second-order valence-electron chi connectivity index (χ2n) is 4.73. The van der Waals surface area contributed by atoms with E-state index in [2.05, 4.69) is 31.3 Å². The third-order valence-corrected chi connectivity index (χ3v) is 2.55. The van der Waals surface area contributed by atoms with Gasteiger partial charge in [0, 0.05) is 12.4 Å². The summed E-state index contributed by atoms with van der Waals surface area (Å²) >= 11 is 0. The van der Waals surface area contributed by atoms with Gasteiger partial charge in [-0.25, -0.2) is 0 Å². The van der Waals surface area contributed by atoms with E-state index in [4.69, 9.17) is 0 Å². The Morgan fingerprint density at radius 1 is 0.731 bits per heavy atom. The quantitative estimate of drug-likeness (QED) is 0.677. The molecule has 0 aliphatic carbocycles. The van der Waals surface area contributed by atoms with Gasteiger partial charge in [0.1, 0.15) is 0 Å². The zero-order valence-corrected chi connectivity index (χ0v) is 15.6. The van der Waals surface area contributed by atoms with E-state index in [1.54, 1.807) is 18.5 Å². The molecular formula is C23H27NO2. The summed E-state index contributed by atoms with van der Waals surface area (Å²) in [5.74, 6) is 0.0370. The molecule has 2 aromatic rings. The van der Waals surface area contributed by atoms with Crippen molar-refractivity contribution in [2.24, 2.45) is 0 Å². The smallest absolute Gasteiger partial charge is 0.152 e. The number of ketones is 2. The third-order valence-electron chi connectivity index (χ3n) is 2.55. The molecule has 136 valence electrons. The van der Waals surface area contributed by atoms with Crippen LogP contribution < -0.4 is 0 Å². The van der Waals surface area contributed by atoms with E-state index in [9.17, 15) is 9.59 Å². The van der Waals surface area contributed by atoms with Crippen molar-refractivity contribution in [3.05, 3.63) is 104 Å². The minimum Gasteiger partial charge on any atom is -0.295 e. The van der Waals surface area contributed by atoms with Crippen molar-refractivity contribution in [1.29, 1.82) is 0 Å². The Hall–Kier alpha value is -3.33. The molecule has 0 aliphatic heterocycles. The van der Waals surface area contributed by atoms with Gasteiger partial charge >= 0.3 is 0 Å². The minimum absolute atomic E-state index is 0.0185. The fourth-order valence-corrected chi connectivity index (χ4v) is 1.09. The van der Waals surface area contributed by atoms with Crippen LogP contribution in [0.25, 0.3) is 12.2 Å². The van der Waals surface area contributed by atoms with Gasteiger partial charge < -0.3 is 0 Å². The molecule has 26 heavy (non-hydrogen) atoms. The standard InChI is InChI=1S/C8H8.C7H7N.2C4H6O/c1-2-8-6-4-3-5-7-8;1-2-7-3-5-8-6-4-7;2*1-3-4(2)5/h2-7H,1H2;2-6H,1H2;2*3H,1H2,2H3. The highest BCUT2D eigenvalue weighted by Crippen LogP contribution is 1.97. The molecule has 3 nitrogen and oxygen atoms in total. The summed E-state index contributed by atoms with van der Waals surface area (Å²) in [6.07, 6.45) is 9.68. The predicted molar refractivity (Wildman–Crippen MR) is 113 cm³/mol. The fourth-order valence-electron chi connectivity index (χ4n) is 1.09. The van der Waals surface area contributed by atoms with Gasteiger partial charge in [0.05, 0.1) is 0 Å². The molecule has 0 spiro atoms. The first-order valence-electron chi connectivity index (χ1n) is 7.87. The summed E-state index contributed by atoms with van der Waals surface area (Å²) in [4.78, 5) is 23.2. The molecule has 1 aromatic carbocycles. The number of hydrogen-bond acceptors (Lipinski definition) is 3. The van der Waals surface area contributed by atoms with E-state index < -0.39 is 0 Å². The summed E-state index contributed by atoms with van der Waals surface area (Å²) in [7, 11) is 0. The molecular weight excluding hydrogens is 322 g/mol. The van der Waals surface area contributed by atoms with Gasteiger partial charge in [-0.2, -0.15) is 0 Å². The van der Waals surface area contributed by atoms with Crippen LogP contribution in [0.3, 0.4) is 0 Å². The lowest BCUT2D eigenvalue weighted by Gasteiger charge is -1.85. The second-order valence-corrected chi connectivity index (χ2v) is 4.73. The summed E-state index contributed by atoms with van der Waals surface area (Å²) in [6, 6.07) is 13.8. The normalized spacial score (nSPS) is 7.77. The minimum atomic E-state index is 0.0185. The summed E-state index contributed by atoms with van der Waals surface area (Å²) in [5, 5.41) is 0. The molecule has 2 rings (SSSR count). The highest BCUT2D eigenvalue weighted by Gasteiger charge is 1.77. The highest BCUT2D eigenvalue weighted by molar-refractivity contribution is 5.86. The predicted octanol–water partition coefficient (Wildman–Crippen LogP) is 5.58. The fraction of sp³-hybridized carbons (Fsp3) is 0.0870. The van der Waals surface area contributed by atoms with Crippen molar-refractivity contribution in [2.75, 3.05) is 0 Å². The Morgan fingerprint density at radius 3 is 1.31 bits per heavy atom. The maximum atomic E-state index is 9.69. The molecule has 0 aliphatic rings. The number of benzene rings is 1. The maximum absolute atomic E-state index is 9.69. The first kappa shape index (κ1) is 24.9. The Labute approximate surface area is 157 Å². The average molecular weight is 349 g/mol. The molecule has 0 fully saturated rings. The summed E-state index contributed by atoms with van der Waals surface area (Å²) in [6.45, 7) is 16.6. The van der Waals surface area contributed by atoms with E-state index >= 15 is 0 Å². The average Bonchev–Trinajstić information content (AvgIpc) is 2.70. The van der Waals surface area contributed by atoms with E-state index in [0.717, 1.165) is 5.56 Å². The Kier molecular flexibility index (Phi) is 17.3. The van der Waals surface area contributed by atoms with Crippen LogP contribution in [0.2, 0.25) is 0 Å². The van der Waals surface area contributed by atoms with Crippen LogP contribution in [-0.2, 0) is 9.59 Å². The third kappa shape index (κ3) is 18.7. The van der Waals surface area contributed by atoms with Crippen LogP contribution in [0.1, 0.15) is 25.0 Å². The SMILES string of the molecule is C=CC(C)=O.C=CC(C)=O.C=Cc1ccccc1.C=Cc1ccncc1. The van der Waals surface area contributed by atoms with E-state index in [1.807, 2.05) is 48.5 Å². The molecule has 0 radical (unpaired) electrons. The van der Waals surface area contributed by atoms with Gasteiger partial charge in [-0.15, -0.1) is 0 Å². The molecule has 0 N–H and O–H groups in total. The van der Waals surface area contributed by atoms with Gasteiger partial charge in [-0.05, 0) is 49.3 Å².